The molecule has 1 heterocycles. The lowest BCUT2D eigenvalue weighted by Crippen LogP contribution is -2.17. The molecular formula is C7H11N3O. The van der Waals surface area contributed by atoms with E-state index in [0.717, 1.165) is 6.54 Å². The number of aryl methyl sites for hydroxylation is 1. The number of carbonyl (C=O) groups excluding carboxylic acids is 1. The molecule has 0 amide bonds. The topological polar surface area (TPSA) is 60.9 Å². The molecule has 0 aliphatic heterocycles. The Bertz CT molecular complexity index is 254. The molecule has 1 aromatic heterocycles. The monoisotopic (exact) mass is 153 g/mol. The third-order valence-corrected chi connectivity index (χ3v) is 1.52. The maximum Gasteiger partial charge on any atom is 0.194 e. The van der Waals surface area contributed by atoms with Crippen molar-refractivity contribution in [1.29, 1.82) is 0 Å². The number of hydrogen-bond donors (Lipinski definition) is 1. The van der Waals surface area contributed by atoms with Crippen LogP contribution in [0.4, 0.5) is 0 Å². The van der Waals surface area contributed by atoms with E-state index < -0.39 is 0 Å². The van der Waals surface area contributed by atoms with Crippen molar-refractivity contribution < 1.29 is 4.79 Å². The van der Waals surface area contributed by atoms with Crippen molar-refractivity contribution in [2.75, 3.05) is 6.54 Å². The van der Waals surface area contributed by atoms with E-state index in [1.54, 1.807) is 17.1 Å². The maximum absolute atomic E-state index is 11.1. The lowest BCUT2D eigenvalue weighted by atomic mass is 10.3. The fraction of sp³-hybridized carbons (Fsp3) is 0.429. The van der Waals surface area contributed by atoms with Gasteiger partial charge < -0.3 is 10.3 Å². The van der Waals surface area contributed by atoms with E-state index in [0.29, 0.717) is 5.69 Å². The van der Waals surface area contributed by atoms with E-state index >= 15 is 0 Å². The van der Waals surface area contributed by atoms with Crippen molar-refractivity contribution in [1.82, 2.24) is 9.55 Å². The smallest absolute Gasteiger partial charge is 0.194 e. The lowest BCUT2D eigenvalue weighted by Gasteiger charge is -2.00. The Labute approximate surface area is 65.0 Å². The zero-order valence-corrected chi connectivity index (χ0v) is 6.45. The molecule has 0 atom stereocenters. The van der Waals surface area contributed by atoms with Crippen LogP contribution < -0.4 is 5.73 Å². The van der Waals surface area contributed by atoms with Crippen molar-refractivity contribution in [2.24, 2.45) is 5.73 Å². The van der Waals surface area contributed by atoms with Crippen LogP contribution in [0.3, 0.4) is 0 Å². The van der Waals surface area contributed by atoms with Gasteiger partial charge in [-0.15, -0.1) is 0 Å². The Kier molecular flexibility index (Phi) is 2.38. The SMILES string of the molecule is CCn1cncc1C(=O)CN. The number of hydrogen-bond acceptors (Lipinski definition) is 3. The summed E-state index contributed by atoms with van der Waals surface area (Å²) < 4.78 is 1.77. The molecule has 0 saturated carbocycles. The molecule has 60 valence electrons. The van der Waals surface area contributed by atoms with Gasteiger partial charge in [0.05, 0.1) is 19.1 Å². The summed E-state index contributed by atoms with van der Waals surface area (Å²) in [6.45, 7) is 2.75. The molecule has 1 aromatic rings. The third-order valence-electron chi connectivity index (χ3n) is 1.52. The van der Waals surface area contributed by atoms with Gasteiger partial charge in [-0.1, -0.05) is 0 Å². The van der Waals surface area contributed by atoms with E-state index in [9.17, 15) is 4.79 Å². The first-order valence-electron chi connectivity index (χ1n) is 3.53. The molecule has 0 aliphatic rings. The first-order chi connectivity index (χ1) is 5.29. The molecule has 4 nitrogen and oxygen atoms in total. The van der Waals surface area contributed by atoms with Gasteiger partial charge in [-0.25, -0.2) is 4.98 Å². The molecule has 2 N–H and O–H groups in total. The number of ketones is 1. The van der Waals surface area contributed by atoms with Gasteiger partial charge in [0.15, 0.2) is 5.78 Å². The standard InChI is InChI=1S/C7H11N3O/c1-2-10-5-9-4-6(10)7(11)3-8/h4-5H,2-3,8H2,1H3. The van der Waals surface area contributed by atoms with Gasteiger partial charge in [0.2, 0.25) is 0 Å². The van der Waals surface area contributed by atoms with E-state index in [2.05, 4.69) is 4.98 Å². The molecule has 0 radical (unpaired) electrons. The van der Waals surface area contributed by atoms with Crippen LogP contribution in [0.15, 0.2) is 12.5 Å². The average molecular weight is 153 g/mol. The van der Waals surface area contributed by atoms with Crippen LogP contribution >= 0.6 is 0 Å². The van der Waals surface area contributed by atoms with Crippen LogP contribution in [0.2, 0.25) is 0 Å². The molecule has 0 aromatic carbocycles. The minimum Gasteiger partial charge on any atom is -0.328 e. The van der Waals surface area contributed by atoms with Gasteiger partial charge in [-0.3, -0.25) is 4.79 Å². The quantitative estimate of drug-likeness (QED) is 0.624. The number of rotatable bonds is 3. The summed E-state index contributed by atoms with van der Waals surface area (Å²) in [6.07, 6.45) is 3.17. The first kappa shape index (κ1) is 7.94. The Balaban J connectivity index is 2.92. The van der Waals surface area contributed by atoms with Crippen molar-refractivity contribution in [3.8, 4) is 0 Å². The zero-order valence-electron chi connectivity index (χ0n) is 6.45. The molecule has 0 bridgehead atoms. The third kappa shape index (κ3) is 1.46. The molecule has 0 saturated heterocycles. The molecule has 0 unspecified atom stereocenters. The molecule has 0 spiro atoms. The molecule has 0 fully saturated rings. The lowest BCUT2D eigenvalue weighted by molar-refractivity contribution is 0.0992. The minimum absolute atomic E-state index is 0.0473. The van der Waals surface area contributed by atoms with E-state index in [1.165, 1.54) is 0 Å². The number of imidazole rings is 1. The highest BCUT2D eigenvalue weighted by Crippen LogP contribution is 1.98. The normalized spacial score (nSPS) is 10.0. The molecule has 1 rings (SSSR count). The highest BCUT2D eigenvalue weighted by molar-refractivity contribution is 5.95. The van der Waals surface area contributed by atoms with E-state index in [1.807, 2.05) is 6.92 Å². The average Bonchev–Trinajstić information content (AvgIpc) is 2.50. The predicted octanol–water partition coefficient (Wildman–Crippen LogP) is 0.0444. The van der Waals surface area contributed by atoms with Crippen LogP contribution in [0.25, 0.3) is 0 Å². The largest absolute Gasteiger partial charge is 0.328 e. The van der Waals surface area contributed by atoms with Crippen LogP contribution in [0.1, 0.15) is 17.4 Å². The van der Waals surface area contributed by atoms with Crippen LogP contribution in [0, 0.1) is 0 Å². The molecule has 4 heteroatoms. The summed E-state index contributed by atoms with van der Waals surface area (Å²) in [7, 11) is 0. The van der Waals surface area contributed by atoms with Crippen molar-refractivity contribution in [3.05, 3.63) is 18.2 Å². The molecule has 11 heavy (non-hydrogen) atoms. The predicted molar refractivity (Wildman–Crippen MR) is 41.3 cm³/mol. The Hall–Kier alpha value is -1.16. The van der Waals surface area contributed by atoms with Gasteiger partial charge in [0.25, 0.3) is 0 Å². The molecule has 0 aliphatic carbocycles. The van der Waals surface area contributed by atoms with Crippen LogP contribution in [-0.4, -0.2) is 21.9 Å². The van der Waals surface area contributed by atoms with Gasteiger partial charge in [0.1, 0.15) is 5.69 Å². The first-order valence-corrected chi connectivity index (χ1v) is 3.53. The fourth-order valence-corrected chi connectivity index (χ4v) is 0.909. The Morgan fingerprint density at radius 3 is 3.09 bits per heavy atom. The van der Waals surface area contributed by atoms with E-state index in [4.69, 9.17) is 5.73 Å². The highest BCUT2D eigenvalue weighted by atomic mass is 16.1. The fourth-order valence-electron chi connectivity index (χ4n) is 0.909. The van der Waals surface area contributed by atoms with Crippen LogP contribution in [0.5, 0.6) is 0 Å². The number of nitrogens with zero attached hydrogens (tertiary/aromatic N) is 2. The maximum atomic E-state index is 11.1. The molecular weight excluding hydrogens is 142 g/mol. The van der Waals surface area contributed by atoms with Crippen molar-refractivity contribution in [2.45, 2.75) is 13.5 Å². The Morgan fingerprint density at radius 2 is 2.55 bits per heavy atom. The van der Waals surface area contributed by atoms with Gasteiger partial charge >= 0.3 is 0 Å². The Morgan fingerprint density at radius 1 is 1.82 bits per heavy atom. The summed E-state index contributed by atoms with van der Waals surface area (Å²) in [6, 6.07) is 0. The van der Waals surface area contributed by atoms with Crippen LogP contribution in [-0.2, 0) is 6.54 Å². The summed E-state index contributed by atoms with van der Waals surface area (Å²) in [4.78, 5) is 14.9. The second kappa shape index (κ2) is 3.30. The summed E-state index contributed by atoms with van der Waals surface area (Å²) in [5, 5.41) is 0. The van der Waals surface area contributed by atoms with E-state index in [-0.39, 0.29) is 12.3 Å². The minimum atomic E-state index is -0.0654. The second-order valence-electron chi connectivity index (χ2n) is 2.19. The zero-order chi connectivity index (χ0) is 8.27. The van der Waals surface area contributed by atoms with Gasteiger partial charge in [-0.05, 0) is 6.92 Å². The van der Waals surface area contributed by atoms with Gasteiger partial charge in [-0.2, -0.15) is 0 Å². The highest BCUT2D eigenvalue weighted by Gasteiger charge is 2.07. The number of aromatic nitrogens is 2. The summed E-state index contributed by atoms with van der Waals surface area (Å²) in [5.41, 5.74) is 5.79. The summed E-state index contributed by atoms with van der Waals surface area (Å²) in [5.74, 6) is -0.0654. The number of Topliss-reactive ketones (excluding diaryl/α,β-unsaturated/α-hetero) is 1. The van der Waals surface area contributed by atoms with Crippen molar-refractivity contribution in [3.63, 3.8) is 0 Å². The summed E-state index contributed by atoms with van der Waals surface area (Å²) >= 11 is 0. The van der Waals surface area contributed by atoms with Gasteiger partial charge in [0, 0.05) is 6.54 Å². The number of carbonyl (C=O) groups is 1. The van der Waals surface area contributed by atoms with Crippen molar-refractivity contribution >= 4 is 5.78 Å². The second-order valence-corrected chi connectivity index (χ2v) is 2.19. The number of nitrogens with two attached hydrogens (primary N) is 1.